The molecule has 1 N–H and O–H groups in total. The van der Waals surface area contributed by atoms with Crippen LogP contribution in [0.25, 0.3) is 0 Å². The van der Waals surface area contributed by atoms with E-state index in [2.05, 4.69) is 29.2 Å². The van der Waals surface area contributed by atoms with Crippen LogP contribution in [-0.2, 0) is 4.74 Å². The summed E-state index contributed by atoms with van der Waals surface area (Å²) in [6.45, 7) is 5.17. The van der Waals surface area contributed by atoms with Gasteiger partial charge in [0.2, 0.25) is 0 Å². The first-order valence-corrected chi connectivity index (χ1v) is 6.86. The lowest BCUT2D eigenvalue weighted by molar-refractivity contribution is 0.0362. The molecule has 3 heteroatoms. The van der Waals surface area contributed by atoms with Crippen LogP contribution < -0.4 is 0 Å². The van der Waals surface area contributed by atoms with Gasteiger partial charge in [0.05, 0.1) is 13.2 Å². The minimum Gasteiger partial charge on any atom is -0.396 e. The molecule has 1 aromatic rings. The third-order valence-electron chi connectivity index (χ3n) is 3.65. The lowest BCUT2D eigenvalue weighted by atomic mass is 9.92. The van der Waals surface area contributed by atoms with Crippen LogP contribution in [-0.4, -0.2) is 49.5 Å². The monoisotopic (exact) mass is 249 g/mol. The van der Waals surface area contributed by atoms with E-state index in [1.54, 1.807) is 0 Å². The van der Waals surface area contributed by atoms with Crippen molar-refractivity contribution in [2.24, 2.45) is 0 Å². The molecule has 2 rings (SSSR count). The van der Waals surface area contributed by atoms with Gasteiger partial charge in [0.15, 0.2) is 0 Å². The van der Waals surface area contributed by atoms with Crippen molar-refractivity contribution in [2.45, 2.75) is 18.8 Å². The number of aliphatic hydroxyl groups is 1. The zero-order valence-electron chi connectivity index (χ0n) is 10.9. The van der Waals surface area contributed by atoms with Crippen LogP contribution in [0.15, 0.2) is 30.3 Å². The van der Waals surface area contributed by atoms with E-state index in [9.17, 15) is 5.11 Å². The molecule has 0 aliphatic carbocycles. The number of rotatable bonds is 6. The Morgan fingerprint density at radius 2 is 1.83 bits per heavy atom. The molecule has 100 valence electrons. The van der Waals surface area contributed by atoms with Gasteiger partial charge in [-0.05, 0) is 30.9 Å². The number of ether oxygens (including phenoxy) is 1. The van der Waals surface area contributed by atoms with Gasteiger partial charge in [0.1, 0.15) is 0 Å². The SMILES string of the molecule is OCC[C@@H](CCN1CCOCC1)c1ccccc1. The minimum absolute atomic E-state index is 0.267. The Morgan fingerprint density at radius 1 is 1.11 bits per heavy atom. The number of aliphatic hydroxyl groups excluding tert-OH is 1. The Morgan fingerprint density at radius 3 is 2.50 bits per heavy atom. The highest BCUT2D eigenvalue weighted by Crippen LogP contribution is 2.23. The molecule has 0 unspecified atom stereocenters. The molecule has 3 nitrogen and oxygen atoms in total. The lowest BCUT2D eigenvalue weighted by Crippen LogP contribution is -2.37. The Labute approximate surface area is 109 Å². The van der Waals surface area contributed by atoms with Gasteiger partial charge in [-0.2, -0.15) is 0 Å². The summed E-state index contributed by atoms with van der Waals surface area (Å²) < 4.78 is 5.36. The average molecular weight is 249 g/mol. The predicted molar refractivity (Wildman–Crippen MR) is 72.8 cm³/mol. The van der Waals surface area contributed by atoms with Crippen molar-refractivity contribution in [1.29, 1.82) is 0 Å². The van der Waals surface area contributed by atoms with Gasteiger partial charge in [-0.3, -0.25) is 4.90 Å². The molecular formula is C15H23NO2. The quantitative estimate of drug-likeness (QED) is 0.835. The fraction of sp³-hybridized carbons (Fsp3) is 0.600. The van der Waals surface area contributed by atoms with Crippen molar-refractivity contribution < 1.29 is 9.84 Å². The van der Waals surface area contributed by atoms with E-state index in [1.165, 1.54) is 5.56 Å². The summed E-state index contributed by atoms with van der Waals surface area (Å²) in [5.74, 6) is 0.471. The first-order valence-electron chi connectivity index (χ1n) is 6.86. The van der Waals surface area contributed by atoms with E-state index < -0.39 is 0 Å². The molecule has 1 aliphatic rings. The van der Waals surface area contributed by atoms with Crippen LogP contribution in [0.4, 0.5) is 0 Å². The Balaban J connectivity index is 1.86. The topological polar surface area (TPSA) is 32.7 Å². The van der Waals surface area contributed by atoms with Gasteiger partial charge in [0.25, 0.3) is 0 Å². The van der Waals surface area contributed by atoms with E-state index in [4.69, 9.17) is 4.74 Å². The number of hydrogen-bond donors (Lipinski definition) is 1. The number of hydrogen-bond acceptors (Lipinski definition) is 3. The maximum atomic E-state index is 9.20. The smallest absolute Gasteiger partial charge is 0.0594 e. The maximum Gasteiger partial charge on any atom is 0.0594 e. The summed E-state index contributed by atoms with van der Waals surface area (Å²) in [5, 5.41) is 9.20. The molecule has 1 heterocycles. The largest absolute Gasteiger partial charge is 0.396 e. The standard InChI is InChI=1S/C15H23NO2/c17-11-7-15(14-4-2-1-3-5-14)6-8-16-9-12-18-13-10-16/h1-5,15,17H,6-13H2/t15-/m1/s1. The summed E-state index contributed by atoms with van der Waals surface area (Å²) in [6, 6.07) is 10.5. The zero-order valence-corrected chi connectivity index (χ0v) is 10.9. The van der Waals surface area contributed by atoms with Gasteiger partial charge in [-0.25, -0.2) is 0 Å². The van der Waals surface area contributed by atoms with Crippen LogP contribution in [0.5, 0.6) is 0 Å². The number of morpholine rings is 1. The second-order valence-electron chi connectivity index (χ2n) is 4.86. The third kappa shape index (κ3) is 4.09. The second-order valence-corrected chi connectivity index (χ2v) is 4.86. The number of nitrogens with zero attached hydrogens (tertiary/aromatic N) is 1. The van der Waals surface area contributed by atoms with Crippen LogP contribution in [0.1, 0.15) is 24.3 Å². The number of benzene rings is 1. The van der Waals surface area contributed by atoms with E-state index in [0.717, 1.165) is 45.7 Å². The summed E-state index contributed by atoms with van der Waals surface area (Å²) in [7, 11) is 0. The molecule has 0 saturated carbocycles. The van der Waals surface area contributed by atoms with Crippen LogP contribution >= 0.6 is 0 Å². The molecule has 0 amide bonds. The summed E-state index contributed by atoms with van der Waals surface area (Å²) in [6.07, 6.45) is 1.97. The van der Waals surface area contributed by atoms with Crippen molar-refractivity contribution >= 4 is 0 Å². The molecule has 1 saturated heterocycles. The maximum absolute atomic E-state index is 9.20. The third-order valence-corrected chi connectivity index (χ3v) is 3.65. The fourth-order valence-electron chi connectivity index (χ4n) is 2.52. The van der Waals surface area contributed by atoms with Crippen LogP contribution in [0, 0.1) is 0 Å². The van der Waals surface area contributed by atoms with Crippen LogP contribution in [0.3, 0.4) is 0 Å². The molecule has 1 atom stereocenters. The molecule has 0 bridgehead atoms. The molecule has 1 fully saturated rings. The molecule has 0 spiro atoms. The second kappa shape index (κ2) is 7.52. The van der Waals surface area contributed by atoms with Crippen molar-refractivity contribution in [2.75, 3.05) is 39.5 Å². The molecule has 1 aromatic carbocycles. The van der Waals surface area contributed by atoms with E-state index in [1.807, 2.05) is 6.07 Å². The first-order chi connectivity index (χ1) is 8.90. The van der Waals surface area contributed by atoms with Crippen molar-refractivity contribution in [3.63, 3.8) is 0 Å². The predicted octanol–water partition coefficient (Wildman–Crippen LogP) is 1.87. The van der Waals surface area contributed by atoms with E-state index >= 15 is 0 Å². The van der Waals surface area contributed by atoms with Gasteiger partial charge in [-0.1, -0.05) is 30.3 Å². The Kier molecular flexibility index (Phi) is 5.65. The van der Waals surface area contributed by atoms with Crippen LogP contribution in [0.2, 0.25) is 0 Å². The van der Waals surface area contributed by atoms with Gasteiger partial charge in [0, 0.05) is 19.7 Å². The summed E-state index contributed by atoms with van der Waals surface area (Å²) >= 11 is 0. The van der Waals surface area contributed by atoms with Crippen molar-refractivity contribution in [3.8, 4) is 0 Å². The molecule has 1 aliphatic heterocycles. The highest BCUT2D eigenvalue weighted by molar-refractivity contribution is 5.19. The molecule has 18 heavy (non-hydrogen) atoms. The Bertz CT molecular complexity index is 323. The van der Waals surface area contributed by atoms with E-state index in [-0.39, 0.29) is 6.61 Å². The highest BCUT2D eigenvalue weighted by atomic mass is 16.5. The Hall–Kier alpha value is -0.900. The normalized spacial score (nSPS) is 18.7. The van der Waals surface area contributed by atoms with Gasteiger partial charge < -0.3 is 9.84 Å². The van der Waals surface area contributed by atoms with Gasteiger partial charge >= 0.3 is 0 Å². The highest BCUT2D eigenvalue weighted by Gasteiger charge is 2.15. The summed E-state index contributed by atoms with van der Waals surface area (Å²) in [4.78, 5) is 2.46. The van der Waals surface area contributed by atoms with Crippen molar-refractivity contribution in [1.82, 2.24) is 4.90 Å². The first kappa shape index (κ1) is 13.5. The summed E-state index contributed by atoms with van der Waals surface area (Å²) in [5.41, 5.74) is 1.35. The molecule has 0 radical (unpaired) electrons. The lowest BCUT2D eigenvalue weighted by Gasteiger charge is -2.28. The zero-order chi connectivity index (χ0) is 12.6. The molecule has 0 aromatic heterocycles. The minimum atomic E-state index is 0.267. The average Bonchev–Trinajstić information content (AvgIpc) is 2.45. The van der Waals surface area contributed by atoms with E-state index in [0.29, 0.717) is 5.92 Å². The van der Waals surface area contributed by atoms with Crippen molar-refractivity contribution in [3.05, 3.63) is 35.9 Å². The molecular weight excluding hydrogens is 226 g/mol. The fourth-order valence-corrected chi connectivity index (χ4v) is 2.52. The van der Waals surface area contributed by atoms with Gasteiger partial charge in [-0.15, -0.1) is 0 Å².